The summed E-state index contributed by atoms with van der Waals surface area (Å²) in [5, 5.41) is 0.684. The minimum absolute atomic E-state index is 0.0155. The lowest BCUT2D eigenvalue weighted by Gasteiger charge is -2.31. The summed E-state index contributed by atoms with van der Waals surface area (Å²) in [6.07, 6.45) is 6.11. The second-order valence-corrected chi connectivity index (χ2v) is 8.06. The summed E-state index contributed by atoms with van der Waals surface area (Å²) in [5.74, 6) is 1.16. The lowest BCUT2D eigenvalue weighted by molar-refractivity contribution is 0.0507. The van der Waals surface area contributed by atoms with E-state index in [0.29, 0.717) is 29.8 Å². The third-order valence-corrected chi connectivity index (χ3v) is 5.19. The van der Waals surface area contributed by atoms with Crippen molar-refractivity contribution in [1.82, 2.24) is 24.4 Å². The number of amides is 1. The lowest BCUT2D eigenvalue weighted by Crippen LogP contribution is -2.42. The van der Waals surface area contributed by atoms with Crippen LogP contribution in [0.5, 0.6) is 5.88 Å². The van der Waals surface area contributed by atoms with Gasteiger partial charge >= 0.3 is 6.09 Å². The predicted molar refractivity (Wildman–Crippen MR) is 116 cm³/mol. The van der Waals surface area contributed by atoms with Crippen molar-refractivity contribution in [3.63, 3.8) is 0 Å². The van der Waals surface area contributed by atoms with Crippen LogP contribution in [0.15, 0.2) is 49.2 Å². The SMILES string of the molecule is CC(C)OC(=O)N1CCC(Oc2cc(-n3cnc(-c4ccc(Cl)cc4)c3)ncn2)CC1. The number of halogens is 1. The highest BCUT2D eigenvalue weighted by atomic mass is 35.5. The number of ether oxygens (including phenoxy) is 2. The first-order valence-electron chi connectivity index (χ1n) is 10.2. The van der Waals surface area contributed by atoms with Crippen molar-refractivity contribution in [3.05, 3.63) is 54.2 Å². The Morgan fingerprint density at radius 3 is 2.58 bits per heavy atom. The highest BCUT2D eigenvalue weighted by Gasteiger charge is 2.25. The minimum Gasteiger partial charge on any atom is -0.474 e. The van der Waals surface area contributed by atoms with Crippen molar-refractivity contribution in [2.75, 3.05) is 13.1 Å². The summed E-state index contributed by atoms with van der Waals surface area (Å²) in [5.41, 5.74) is 1.79. The van der Waals surface area contributed by atoms with E-state index in [2.05, 4.69) is 15.0 Å². The van der Waals surface area contributed by atoms with E-state index in [1.54, 1.807) is 17.3 Å². The van der Waals surface area contributed by atoms with Gasteiger partial charge in [0.25, 0.3) is 0 Å². The number of benzene rings is 1. The summed E-state index contributed by atoms with van der Waals surface area (Å²) >= 11 is 5.96. The Bertz CT molecular complexity index is 1030. The molecular weight excluding hydrogens is 418 g/mol. The zero-order valence-electron chi connectivity index (χ0n) is 17.4. The highest BCUT2D eigenvalue weighted by molar-refractivity contribution is 6.30. The average molecular weight is 442 g/mol. The molecule has 162 valence electrons. The van der Waals surface area contributed by atoms with E-state index in [0.717, 1.165) is 24.1 Å². The number of likely N-dealkylation sites (tertiary alicyclic amines) is 1. The topological polar surface area (TPSA) is 82.4 Å². The first-order chi connectivity index (χ1) is 15.0. The molecule has 8 nitrogen and oxygen atoms in total. The van der Waals surface area contributed by atoms with Gasteiger partial charge in [0.15, 0.2) is 0 Å². The molecule has 9 heteroatoms. The molecule has 1 aliphatic heterocycles. The van der Waals surface area contributed by atoms with Crippen LogP contribution in [-0.4, -0.2) is 55.8 Å². The quantitative estimate of drug-likeness (QED) is 0.584. The molecule has 1 aliphatic rings. The van der Waals surface area contributed by atoms with Crippen LogP contribution in [0.2, 0.25) is 5.02 Å². The molecule has 0 saturated carbocycles. The number of aromatic nitrogens is 4. The van der Waals surface area contributed by atoms with Gasteiger partial charge in [-0.2, -0.15) is 0 Å². The molecule has 2 aromatic heterocycles. The molecular formula is C22H24ClN5O3. The van der Waals surface area contributed by atoms with Gasteiger partial charge in [-0.25, -0.2) is 19.7 Å². The number of hydrogen-bond acceptors (Lipinski definition) is 6. The van der Waals surface area contributed by atoms with Gasteiger partial charge in [-0.1, -0.05) is 23.7 Å². The molecule has 0 aliphatic carbocycles. The molecule has 0 spiro atoms. The Morgan fingerprint density at radius 1 is 1.13 bits per heavy atom. The number of carbonyl (C=O) groups excluding carboxylic acids is 1. The van der Waals surface area contributed by atoms with Crippen LogP contribution in [-0.2, 0) is 4.74 Å². The Hall–Kier alpha value is -3.13. The molecule has 1 aromatic carbocycles. The molecule has 0 N–H and O–H groups in total. The number of hydrogen-bond donors (Lipinski definition) is 0. The zero-order valence-corrected chi connectivity index (χ0v) is 18.2. The number of nitrogens with zero attached hydrogens (tertiary/aromatic N) is 5. The van der Waals surface area contributed by atoms with Crippen LogP contribution in [0.3, 0.4) is 0 Å². The Labute approximate surface area is 185 Å². The van der Waals surface area contributed by atoms with Gasteiger partial charge in [0.1, 0.15) is 24.6 Å². The maximum absolute atomic E-state index is 12.0. The molecule has 3 aromatic rings. The fraction of sp³-hybridized carbons (Fsp3) is 0.364. The first kappa shape index (κ1) is 21.1. The average Bonchev–Trinajstić information content (AvgIpc) is 3.25. The van der Waals surface area contributed by atoms with Gasteiger partial charge < -0.3 is 14.4 Å². The second kappa shape index (κ2) is 9.34. The van der Waals surface area contributed by atoms with Crippen LogP contribution in [0.4, 0.5) is 4.79 Å². The third kappa shape index (κ3) is 5.32. The standard InChI is InChI=1S/C22H24ClN5O3/c1-15(2)30-22(29)27-9-7-18(8-10-27)31-21-11-20(24-13-25-21)28-12-19(26-14-28)16-3-5-17(23)6-4-16/h3-6,11-15,18H,7-10H2,1-2H3. The molecule has 1 fully saturated rings. The highest BCUT2D eigenvalue weighted by Crippen LogP contribution is 2.22. The summed E-state index contributed by atoms with van der Waals surface area (Å²) in [7, 11) is 0. The third-order valence-electron chi connectivity index (χ3n) is 4.94. The predicted octanol–water partition coefficient (Wildman–Crippen LogP) is 4.37. The number of rotatable bonds is 5. The van der Waals surface area contributed by atoms with Crippen LogP contribution in [0.1, 0.15) is 26.7 Å². The second-order valence-electron chi connectivity index (χ2n) is 7.62. The van der Waals surface area contributed by atoms with Crippen molar-refractivity contribution in [2.24, 2.45) is 0 Å². The normalized spacial score (nSPS) is 14.6. The Kier molecular flexibility index (Phi) is 6.36. The monoisotopic (exact) mass is 441 g/mol. The van der Waals surface area contributed by atoms with Gasteiger partial charge in [0.05, 0.1) is 11.8 Å². The molecule has 0 bridgehead atoms. The summed E-state index contributed by atoms with van der Waals surface area (Å²) in [6.45, 7) is 4.89. The van der Waals surface area contributed by atoms with E-state index >= 15 is 0 Å². The van der Waals surface area contributed by atoms with Crippen LogP contribution >= 0.6 is 11.6 Å². The Morgan fingerprint density at radius 2 is 1.87 bits per heavy atom. The van der Waals surface area contributed by atoms with Crippen LogP contribution in [0.25, 0.3) is 17.1 Å². The van der Waals surface area contributed by atoms with Crippen LogP contribution < -0.4 is 4.74 Å². The maximum Gasteiger partial charge on any atom is 0.410 e. The van der Waals surface area contributed by atoms with Crippen molar-refractivity contribution in [3.8, 4) is 23.0 Å². The minimum atomic E-state index is -0.269. The van der Waals surface area contributed by atoms with Crippen molar-refractivity contribution in [2.45, 2.75) is 38.9 Å². The maximum atomic E-state index is 12.0. The van der Waals surface area contributed by atoms with Crippen molar-refractivity contribution in [1.29, 1.82) is 0 Å². The van der Waals surface area contributed by atoms with E-state index in [1.807, 2.05) is 48.9 Å². The summed E-state index contributed by atoms with van der Waals surface area (Å²) in [4.78, 5) is 26.8. The smallest absolute Gasteiger partial charge is 0.410 e. The van der Waals surface area contributed by atoms with Crippen molar-refractivity contribution < 1.29 is 14.3 Å². The number of piperidine rings is 1. The molecule has 0 atom stereocenters. The molecule has 1 saturated heterocycles. The van der Waals surface area contributed by atoms with Gasteiger partial charge in [0, 0.05) is 48.8 Å². The van der Waals surface area contributed by atoms with Gasteiger partial charge in [0.2, 0.25) is 5.88 Å². The Balaban J connectivity index is 1.38. The van der Waals surface area contributed by atoms with E-state index in [9.17, 15) is 4.79 Å². The molecule has 4 rings (SSSR count). The van der Waals surface area contributed by atoms with E-state index < -0.39 is 0 Å². The van der Waals surface area contributed by atoms with Gasteiger partial charge in [-0.05, 0) is 26.0 Å². The van der Waals surface area contributed by atoms with E-state index in [4.69, 9.17) is 21.1 Å². The summed E-state index contributed by atoms with van der Waals surface area (Å²) in [6, 6.07) is 9.30. The van der Waals surface area contributed by atoms with Crippen molar-refractivity contribution >= 4 is 17.7 Å². The molecule has 31 heavy (non-hydrogen) atoms. The van der Waals surface area contributed by atoms with E-state index in [-0.39, 0.29) is 18.3 Å². The van der Waals surface area contributed by atoms with E-state index in [1.165, 1.54) is 6.33 Å². The largest absolute Gasteiger partial charge is 0.474 e. The lowest BCUT2D eigenvalue weighted by atomic mass is 10.1. The molecule has 1 amide bonds. The van der Waals surface area contributed by atoms with Gasteiger partial charge in [-0.15, -0.1) is 0 Å². The van der Waals surface area contributed by atoms with Crippen LogP contribution in [0, 0.1) is 0 Å². The molecule has 0 radical (unpaired) electrons. The number of carbonyl (C=O) groups is 1. The molecule has 3 heterocycles. The fourth-order valence-corrected chi connectivity index (χ4v) is 3.48. The fourth-order valence-electron chi connectivity index (χ4n) is 3.36. The van der Waals surface area contributed by atoms with Gasteiger partial charge in [-0.3, -0.25) is 4.57 Å². The summed E-state index contributed by atoms with van der Waals surface area (Å²) < 4.78 is 13.1. The zero-order chi connectivity index (χ0) is 21.8. The first-order valence-corrected chi connectivity index (χ1v) is 10.6. The number of imidazole rings is 1. The molecule has 0 unspecified atom stereocenters.